The van der Waals surface area contributed by atoms with E-state index in [4.69, 9.17) is 0 Å². The van der Waals surface area contributed by atoms with Crippen molar-refractivity contribution in [1.29, 1.82) is 0 Å². The minimum atomic E-state index is -0.432. The maximum Gasteiger partial charge on any atom is 0.321 e. The number of rotatable bonds is 7. The molecule has 7 heteroatoms. The highest BCUT2D eigenvalue weighted by Gasteiger charge is 2.13. The highest BCUT2D eigenvalue weighted by molar-refractivity contribution is 8.13. The number of thioether (sulfide) groups is 1. The Hall–Kier alpha value is -1.08. The van der Waals surface area contributed by atoms with Gasteiger partial charge in [0.2, 0.25) is 5.91 Å². The molecule has 6 nitrogen and oxygen atoms in total. The predicted octanol–water partition coefficient (Wildman–Crippen LogP) is 0.0861. The molecule has 0 aliphatic heterocycles. The Morgan fingerprint density at radius 2 is 2.00 bits per heavy atom. The molecule has 0 rings (SSSR count). The van der Waals surface area contributed by atoms with Gasteiger partial charge in [0.1, 0.15) is 6.54 Å². The monoisotopic (exact) mass is 262 g/mol. The summed E-state index contributed by atoms with van der Waals surface area (Å²) in [5.41, 5.74) is 4.85. The summed E-state index contributed by atoms with van der Waals surface area (Å²) in [6.07, 6.45) is 0. The first-order valence-electron chi connectivity index (χ1n) is 5.29. The number of hydrogen-bond acceptors (Lipinski definition) is 6. The molecule has 1 atom stereocenters. The Kier molecular flexibility index (Phi) is 8.43. The average Bonchev–Trinajstić information content (AvgIpc) is 2.25. The van der Waals surface area contributed by atoms with Crippen molar-refractivity contribution in [1.82, 2.24) is 10.9 Å². The van der Waals surface area contributed by atoms with E-state index in [0.717, 1.165) is 11.8 Å². The molecule has 17 heavy (non-hydrogen) atoms. The number of carbonyl (C=O) groups is 3. The molecule has 0 aromatic heterocycles. The Bertz CT molecular complexity index is 283. The molecule has 1 amide bonds. The summed E-state index contributed by atoms with van der Waals surface area (Å²) in [7, 11) is 0. The maximum absolute atomic E-state index is 11.4. The highest BCUT2D eigenvalue weighted by atomic mass is 32.2. The van der Waals surface area contributed by atoms with Gasteiger partial charge in [0.05, 0.1) is 6.61 Å². The summed E-state index contributed by atoms with van der Waals surface area (Å²) < 4.78 is 4.66. The van der Waals surface area contributed by atoms with E-state index in [-0.39, 0.29) is 23.5 Å². The lowest BCUT2D eigenvalue weighted by Crippen LogP contribution is -2.43. The van der Waals surface area contributed by atoms with Crippen LogP contribution in [0.15, 0.2) is 0 Å². The summed E-state index contributed by atoms with van der Waals surface area (Å²) in [5, 5.41) is -0.0240. The van der Waals surface area contributed by atoms with Crippen LogP contribution in [0.2, 0.25) is 0 Å². The molecule has 0 aliphatic carbocycles. The van der Waals surface area contributed by atoms with Crippen molar-refractivity contribution < 1.29 is 19.1 Å². The zero-order chi connectivity index (χ0) is 13.3. The smallest absolute Gasteiger partial charge is 0.321 e. The normalized spacial score (nSPS) is 11.7. The lowest BCUT2D eigenvalue weighted by Gasteiger charge is -2.11. The van der Waals surface area contributed by atoms with Crippen LogP contribution in [-0.2, 0) is 19.1 Å². The van der Waals surface area contributed by atoms with Gasteiger partial charge in [-0.1, -0.05) is 18.7 Å². The van der Waals surface area contributed by atoms with Gasteiger partial charge in [-0.25, -0.2) is 5.43 Å². The van der Waals surface area contributed by atoms with E-state index in [1.807, 2.05) is 0 Å². The Balaban J connectivity index is 3.70. The van der Waals surface area contributed by atoms with Crippen molar-refractivity contribution in [2.45, 2.75) is 20.8 Å². The molecule has 0 heterocycles. The number of ether oxygens (including phenoxy) is 1. The quantitative estimate of drug-likeness (QED) is 0.499. The van der Waals surface area contributed by atoms with Crippen LogP contribution in [-0.4, -0.2) is 35.9 Å². The molecule has 0 saturated carbocycles. The first-order chi connectivity index (χ1) is 7.97. The average molecular weight is 262 g/mol. The zero-order valence-electron chi connectivity index (χ0n) is 10.2. The minimum Gasteiger partial charge on any atom is -0.465 e. The Morgan fingerprint density at radius 3 is 2.53 bits per heavy atom. The van der Waals surface area contributed by atoms with Gasteiger partial charge in [-0.2, -0.15) is 0 Å². The molecule has 98 valence electrons. The second kappa shape index (κ2) is 9.00. The fourth-order valence-electron chi connectivity index (χ4n) is 0.857. The van der Waals surface area contributed by atoms with Crippen LogP contribution < -0.4 is 10.9 Å². The van der Waals surface area contributed by atoms with Gasteiger partial charge in [-0.15, -0.1) is 0 Å². The number of hydrogen-bond donors (Lipinski definition) is 2. The molecule has 0 bridgehead atoms. The van der Waals surface area contributed by atoms with Gasteiger partial charge in [-0.3, -0.25) is 19.8 Å². The third-order valence-electron chi connectivity index (χ3n) is 1.73. The van der Waals surface area contributed by atoms with Crippen molar-refractivity contribution in [2.75, 3.05) is 18.9 Å². The molecule has 0 aliphatic rings. The number of amides is 1. The van der Waals surface area contributed by atoms with E-state index < -0.39 is 5.97 Å². The third kappa shape index (κ3) is 8.70. The van der Waals surface area contributed by atoms with E-state index in [1.165, 1.54) is 6.92 Å². The van der Waals surface area contributed by atoms with Gasteiger partial charge in [0.15, 0.2) is 5.12 Å². The van der Waals surface area contributed by atoms with Crippen molar-refractivity contribution in [3.63, 3.8) is 0 Å². The van der Waals surface area contributed by atoms with E-state index >= 15 is 0 Å². The van der Waals surface area contributed by atoms with Gasteiger partial charge in [-0.05, 0) is 6.92 Å². The molecule has 0 spiro atoms. The van der Waals surface area contributed by atoms with Crippen molar-refractivity contribution >= 4 is 28.8 Å². The summed E-state index contributed by atoms with van der Waals surface area (Å²) in [6, 6.07) is 0. The van der Waals surface area contributed by atoms with E-state index in [0.29, 0.717) is 12.4 Å². The van der Waals surface area contributed by atoms with Crippen molar-refractivity contribution in [3.8, 4) is 0 Å². The fourth-order valence-corrected chi connectivity index (χ4v) is 1.49. The molecule has 0 saturated heterocycles. The van der Waals surface area contributed by atoms with Crippen LogP contribution in [0.4, 0.5) is 0 Å². The van der Waals surface area contributed by atoms with Crippen LogP contribution in [0.5, 0.6) is 0 Å². The van der Waals surface area contributed by atoms with Crippen molar-refractivity contribution in [2.24, 2.45) is 5.92 Å². The van der Waals surface area contributed by atoms with E-state index in [2.05, 4.69) is 15.6 Å². The zero-order valence-corrected chi connectivity index (χ0v) is 11.1. The molecular formula is C10H18N2O4S. The van der Waals surface area contributed by atoms with Crippen molar-refractivity contribution in [3.05, 3.63) is 0 Å². The first kappa shape index (κ1) is 15.9. The van der Waals surface area contributed by atoms with Crippen LogP contribution in [0.3, 0.4) is 0 Å². The maximum atomic E-state index is 11.4. The molecule has 0 radical (unpaired) electrons. The number of hydrazine groups is 1. The third-order valence-corrected chi connectivity index (χ3v) is 2.81. The lowest BCUT2D eigenvalue weighted by atomic mass is 10.2. The first-order valence-corrected chi connectivity index (χ1v) is 6.27. The van der Waals surface area contributed by atoms with Crippen LogP contribution in [0.25, 0.3) is 0 Å². The molecule has 0 fully saturated rings. The minimum absolute atomic E-state index is 0.0240. The largest absolute Gasteiger partial charge is 0.465 e. The lowest BCUT2D eigenvalue weighted by molar-refractivity contribution is -0.142. The van der Waals surface area contributed by atoms with Gasteiger partial charge >= 0.3 is 5.97 Å². The van der Waals surface area contributed by atoms with Gasteiger partial charge in [0.25, 0.3) is 0 Å². The number of esters is 1. The standard InChI is InChI=1S/C10H18N2O4S/c1-4-16-9(14)5-11-12-10(15)7(2)6-17-8(3)13/h7,11H,4-6H2,1-3H3,(H,12,15). The van der Waals surface area contributed by atoms with Gasteiger partial charge in [0, 0.05) is 18.6 Å². The molecule has 0 aromatic carbocycles. The second-order valence-corrected chi connectivity index (χ2v) is 4.55. The fraction of sp³-hybridized carbons (Fsp3) is 0.700. The van der Waals surface area contributed by atoms with E-state index in [1.54, 1.807) is 13.8 Å². The summed E-state index contributed by atoms with van der Waals surface area (Å²) in [6.45, 7) is 5.09. The van der Waals surface area contributed by atoms with Crippen LogP contribution in [0, 0.1) is 5.92 Å². The molecule has 2 N–H and O–H groups in total. The summed E-state index contributed by atoms with van der Waals surface area (Å²) in [5.74, 6) is -0.581. The number of carbonyl (C=O) groups excluding carboxylic acids is 3. The SMILES string of the molecule is CCOC(=O)CNNC(=O)C(C)CSC(C)=O. The van der Waals surface area contributed by atoms with Gasteiger partial charge < -0.3 is 4.74 Å². The topological polar surface area (TPSA) is 84.5 Å². The molecule has 1 unspecified atom stereocenters. The van der Waals surface area contributed by atoms with Crippen LogP contribution in [0.1, 0.15) is 20.8 Å². The summed E-state index contributed by atoms with van der Waals surface area (Å²) in [4.78, 5) is 33.1. The highest BCUT2D eigenvalue weighted by Crippen LogP contribution is 2.08. The summed E-state index contributed by atoms with van der Waals surface area (Å²) >= 11 is 1.10. The second-order valence-electron chi connectivity index (χ2n) is 3.35. The van der Waals surface area contributed by atoms with E-state index in [9.17, 15) is 14.4 Å². The Morgan fingerprint density at radius 1 is 1.35 bits per heavy atom. The number of nitrogens with one attached hydrogen (secondary N) is 2. The molecular weight excluding hydrogens is 244 g/mol. The predicted molar refractivity (Wildman–Crippen MR) is 65.1 cm³/mol. The molecule has 0 aromatic rings. The Labute approximate surface area is 105 Å². The van der Waals surface area contributed by atoms with Crippen LogP contribution >= 0.6 is 11.8 Å².